The number of anilines is 1. The number of guanidine groups is 1. The SMILES string of the molecule is CN=C(NCCN1CCCCC1)NCc1csc(N(C)C)n1.I. The summed E-state index contributed by atoms with van der Waals surface area (Å²) in [5.74, 6) is 0.844. The summed E-state index contributed by atoms with van der Waals surface area (Å²) in [4.78, 5) is 13.4. The highest BCUT2D eigenvalue weighted by Crippen LogP contribution is 2.17. The van der Waals surface area contributed by atoms with E-state index in [1.54, 1.807) is 11.3 Å². The number of hydrogen-bond donors (Lipinski definition) is 2. The molecule has 0 aromatic carbocycles. The minimum atomic E-state index is 0. The molecule has 1 aliphatic heterocycles. The number of halogens is 1. The van der Waals surface area contributed by atoms with E-state index in [4.69, 9.17) is 0 Å². The quantitative estimate of drug-likeness (QED) is 0.393. The highest BCUT2D eigenvalue weighted by atomic mass is 127. The van der Waals surface area contributed by atoms with Gasteiger partial charge >= 0.3 is 0 Å². The summed E-state index contributed by atoms with van der Waals surface area (Å²) in [5, 5.41) is 9.82. The lowest BCUT2D eigenvalue weighted by Crippen LogP contribution is -2.42. The smallest absolute Gasteiger partial charge is 0.191 e. The van der Waals surface area contributed by atoms with Crippen LogP contribution in [0.2, 0.25) is 0 Å². The average molecular weight is 452 g/mol. The van der Waals surface area contributed by atoms with Crippen LogP contribution in [-0.4, -0.2) is 63.2 Å². The Labute approximate surface area is 160 Å². The molecule has 0 bridgehead atoms. The van der Waals surface area contributed by atoms with Crippen LogP contribution in [0, 0.1) is 0 Å². The first kappa shape index (κ1) is 20.4. The van der Waals surface area contributed by atoms with E-state index >= 15 is 0 Å². The molecule has 0 saturated carbocycles. The number of aromatic nitrogens is 1. The second kappa shape index (κ2) is 11.0. The predicted molar refractivity (Wildman–Crippen MR) is 110 cm³/mol. The number of thiazole rings is 1. The Morgan fingerprint density at radius 1 is 1.30 bits per heavy atom. The van der Waals surface area contributed by atoms with Crippen molar-refractivity contribution in [3.8, 4) is 0 Å². The maximum absolute atomic E-state index is 4.56. The molecule has 1 aromatic rings. The van der Waals surface area contributed by atoms with Gasteiger partial charge in [0.15, 0.2) is 11.1 Å². The topological polar surface area (TPSA) is 55.8 Å². The third-order valence-electron chi connectivity index (χ3n) is 3.75. The Kier molecular flexibility index (Phi) is 9.80. The lowest BCUT2D eigenvalue weighted by Gasteiger charge is -2.26. The molecule has 0 amide bonds. The van der Waals surface area contributed by atoms with E-state index in [0.29, 0.717) is 6.54 Å². The van der Waals surface area contributed by atoms with Crippen molar-refractivity contribution in [1.29, 1.82) is 0 Å². The van der Waals surface area contributed by atoms with Crippen molar-refractivity contribution in [2.75, 3.05) is 52.2 Å². The molecule has 2 N–H and O–H groups in total. The first-order valence-corrected chi connectivity index (χ1v) is 8.85. The lowest BCUT2D eigenvalue weighted by molar-refractivity contribution is 0.232. The molecular weight excluding hydrogens is 423 g/mol. The van der Waals surface area contributed by atoms with Crippen LogP contribution >= 0.6 is 35.3 Å². The summed E-state index contributed by atoms with van der Waals surface area (Å²) in [6.07, 6.45) is 4.06. The maximum atomic E-state index is 4.56. The average Bonchev–Trinajstić information content (AvgIpc) is 3.01. The van der Waals surface area contributed by atoms with E-state index in [9.17, 15) is 0 Å². The maximum Gasteiger partial charge on any atom is 0.191 e. The van der Waals surface area contributed by atoms with E-state index in [2.05, 4.69) is 30.9 Å². The molecule has 0 radical (unpaired) electrons. The summed E-state index contributed by atoms with van der Waals surface area (Å²) in [7, 11) is 5.83. The van der Waals surface area contributed by atoms with Crippen LogP contribution in [0.1, 0.15) is 25.0 Å². The molecule has 132 valence electrons. The largest absolute Gasteiger partial charge is 0.355 e. The van der Waals surface area contributed by atoms with Gasteiger partial charge in [-0.15, -0.1) is 35.3 Å². The molecule has 1 saturated heterocycles. The fraction of sp³-hybridized carbons (Fsp3) is 0.733. The number of nitrogens with one attached hydrogen (secondary N) is 2. The van der Waals surface area contributed by atoms with Crippen LogP contribution in [0.15, 0.2) is 10.4 Å². The van der Waals surface area contributed by atoms with Crippen LogP contribution in [-0.2, 0) is 6.54 Å². The second-order valence-electron chi connectivity index (χ2n) is 5.77. The highest BCUT2D eigenvalue weighted by Gasteiger charge is 2.09. The molecule has 2 heterocycles. The van der Waals surface area contributed by atoms with Crippen molar-refractivity contribution in [3.05, 3.63) is 11.1 Å². The van der Waals surface area contributed by atoms with Gasteiger partial charge in [0.25, 0.3) is 0 Å². The molecule has 0 spiro atoms. The molecule has 2 rings (SSSR count). The Balaban J connectivity index is 0.00000264. The minimum absolute atomic E-state index is 0. The lowest BCUT2D eigenvalue weighted by atomic mass is 10.1. The standard InChI is InChI=1S/C15H28N6S.HI/c1-16-14(17-7-10-21-8-5-4-6-9-21)18-11-13-12-22-15(19-13)20(2)3;/h12H,4-11H2,1-3H3,(H2,16,17,18);1H. The van der Waals surface area contributed by atoms with Gasteiger partial charge in [0.05, 0.1) is 12.2 Å². The van der Waals surface area contributed by atoms with E-state index in [0.717, 1.165) is 29.9 Å². The molecule has 8 heteroatoms. The van der Waals surface area contributed by atoms with Gasteiger partial charge in [0, 0.05) is 39.6 Å². The van der Waals surface area contributed by atoms with Gasteiger partial charge in [-0.2, -0.15) is 0 Å². The van der Waals surface area contributed by atoms with Crippen LogP contribution in [0.5, 0.6) is 0 Å². The number of likely N-dealkylation sites (tertiary alicyclic amines) is 1. The fourth-order valence-corrected chi connectivity index (χ4v) is 3.25. The zero-order chi connectivity index (χ0) is 15.8. The monoisotopic (exact) mass is 452 g/mol. The third-order valence-corrected chi connectivity index (χ3v) is 4.81. The van der Waals surface area contributed by atoms with Gasteiger partial charge in [0.1, 0.15) is 0 Å². The number of aliphatic imine (C=N–C) groups is 1. The summed E-state index contributed by atoms with van der Waals surface area (Å²) in [6, 6.07) is 0. The van der Waals surface area contributed by atoms with Crippen LogP contribution in [0.3, 0.4) is 0 Å². The Morgan fingerprint density at radius 3 is 2.65 bits per heavy atom. The van der Waals surface area contributed by atoms with Gasteiger partial charge in [-0.05, 0) is 25.9 Å². The van der Waals surface area contributed by atoms with E-state index in [1.807, 2.05) is 26.0 Å². The van der Waals surface area contributed by atoms with E-state index in [1.165, 1.54) is 32.4 Å². The van der Waals surface area contributed by atoms with Crippen LogP contribution < -0.4 is 15.5 Å². The Bertz CT molecular complexity index is 470. The zero-order valence-electron chi connectivity index (χ0n) is 14.3. The molecular formula is C15H29IN6S. The molecule has 0 atom stereocenters. The molecule has 1 fully saturated rings. The molecule has 6 nitrogen and oxygen atoms in total. The molecule has 1 aromatic heterocycles. The highest BCUT2D eigenvalue weighted by molar-refractivity contribution is 14.0. The molecule has 0 unspecified atom stereocenters. The van der Waals surface area contributed by atoms with E-state index < -0.39 is 0 Å². The minimum Gasteiger partial charge on any atom is -0.355 e. The normalized spacial score (nSPS) is 15.9. The molecule has 1 aliphatic rings. The Morgan fingerprint density at radius 2 is 2.04 bits per heavy atom. The van der Waals surface area contributed by atoms with E-state index in [-0.39, 0.29) is 24.0 Å². The fourth-order valence-electron chi connectivity index (χ4n) is 2.49. The van der Waals surface area contributed by atoms with Crippen molar-refractivity contribution >= 4 is 46.4 Å². The second-order valence-corrected chi connectivity index (χ2v) is 6.61. The van der Waals surface area contributed by atoms with Crippen molar-refractivity contribution in [1.82, 2.24) is 20.5 Å². The first-order valence-electron chi connectivity index (χ1n) is 7.97. The molecule has 0 aliphatic carbocycles. The van der Waals surface area contributed by atoms with Crippen molar-refractivity contribution in [2.45, 2.75) is 25.8 Å². The number of hydrogen-bond acceptors (Lipinski definition) is 5. The third kappa shape index (κ3) is 7.21. The van der Waals surface area contributed by atoms with Gasteiger partial charge in [-0.3, -0.25) is 4.99 Å². The van der Waals surface area contributed by atoms with Gasteiger partial charge in [-0.25, -0.2) is 4.98 Å². The van der Waals surface area contributed by atoms with Crippen molar-refractivity contribution in [2.24, 2.45) is 4.99 Å². The summed E-state index contributed by atoms with van der Waals surface area (Å²) < 4.78 is 0. The molecule has 23 heavy (non-hydrogen) atoms. The van der Waals surface area contributed by atoms with Gasteiger partial charge in [-0.1, -0.05) is 6.42 Å². The van der Waals surface area contributed by atoms with Crippen molar-refractivity contribution < 1.29 is 0 Å². The number of rotatable bonds is 6. The van der Waals surface area contributed by atoms with Crippen molar-refractivity contribution in [3.63, 3.8) is 0 Å². The summed E-state index contributed by atoms with van der Waals surface area (Å²) >= 11 is 1.66. The number of piperidine rings is 1. The summed E-state index contributed by atoms with van der Waals surface area (Å²) in [5.41, 5.74) is 1.05. The first-order chi connectivity index (χ1) is 10.7. The predicted octanol–water partition coefficient (Wildman–Crippen LogP) is 1.98. The Hall–Kier alpha value is -0.610. The van der Waals surface area contributed by atoms with Crippen LogP contribution in [0.4, 0.5) is 5.13 Å². The summed E-state index contributed by atoms with van der Waals surface area (Å²) in [6.45, 7) is 5.19. The van der Waals surface area contributed by atoms with Crippen LogP contribution in [0.25, 0.3) is 0 Å². The number of nitrogens with zero attached hydrogens (tertiary/aromatic N) is 4. The van der Waals surface area contributed by atoms with Gasteiger partial charge < -0.3 is 20.4 Å². The van der Waals surface area contributed by atoms with Gasteiger partial charge in [0.2, 0.25) is 0 Å². The zero-order valence-corrected chi connectivity index (χ0v) is 17.5.